The van der Waals surface area contributed by atoms with E-state index in [-0.39, 0.29) is 17.9 Å². The summed E-state index contributed by atoms with van der Waals surface area (Å²) in [7, 11) is 0. The van der Waals surface area contributed by atoms with E-state index >= 15 is 0 Å². The van der Waals surface area contributed by atoms with Crippen molar-refractivity contribution in [3.63, 3.8) is 0 Å². The number of thiophene rings is 1. The minimum atomic E-state index is -0.943. The van der Waals surface area contributed by atoms with E-state index in [1.807, 2.05) is 25.1 Å². The minimum Gasteiger partial charge on any atom is -0.449 e. The van der Waals surface area contributed by atoms with E-state index in [9.17, 15) is 14.4 Å². The van der Waals surface area contributed by atoms with Crippen molar-refractivity contribution in [1.29, 1.82) is 0 Å². The van der Waals surface area contributed by atoms with Gasteiger partial charge in [0.25, 0.3) is 5.91 Å². The van der Waals surface area contributed by atoms with Gasteiger partial charge in [0, 0.05) is 11.8 Å². The molecule has 29 heavy (non-hydrogen) atoms. The Morgan fingerprint density at radius 2 is 1.93 bits per heavy atom. The van der Waals surface area contributed by atoms with E-state index in [0.717, 1.165) is 35.3 Å². The third-order valence-electron chi connectivity index (χ3n) is 5.22. The summed E-state index contributed by atoms with van der Waals surface area (Å²) in [5, 5.41) is 6.14. The van der Waals surface area contributed by atoms with Crippen LogP contribution in [0, 0.1) is 13.8 Å². The number of benzene rings is 1. The third kappa shape index (κ3) is 4.67. The zero-order valence-electron chi connectivity index (χ0n) is 17.1. The molecule has 1 aliphatic carbocycles. The lowest BCUT2D eigenvalue weighted by Crippen LogP contribution is -2.39. The van der Waals surface area contributed by atoms with Gasteiger partial charge in [-0.25, -0.2) is 4.79 Å². The molecule has 7 heteroatoms. The fourth-order valence-electron chi connectivity index (χ4n) is 3.59. The molecule has 1 aromatic carbocycles. The Morgan fingerprint density at radius 1 is 1.21 bits per heavy atom. The van der Waals surface area contributed by atoms with Crippen LogP contribution in [-0.2, 0) is 20.7 Å². The first-order valence-electron chi connectivity index (χ1n) is 9.74. The van der Waals surface area contributed by atoms with Gasteiger partial charge in [0.05, 0.1) is 11.6 Å². The van der Waals surface area contributed by atoms with Crippen molar-refractivity contribution in [2.24, 2.45) is 0 Å². The second-order valence-electron chi connectivity index (χ2n) is 7.37. The van der Waals surface area contributed by atoms with Crippen LogP contribution in [0.25, 0.3) is 0 Å². The molecular formula is C22H26N2O4S. The topological polar surface area (TPSA) is 84.5 Å². The van der Waals surface area contributed by atoms with Crippen molar-refractivity contribution in [3.05, 3.63) is 51.4 Å². The van der Waals surface area contributed by atoms with Crippen molar-refractivity contribution >= 4 is 34.1 Å². The van der Waals surface area contributed by atoms with Gasteiger partial charge in [-0.1, -0.05) is 24.3 Å². The first-order chi connectivity index (χ1) is 13.8. The average Bonchev–Trinajstić information content (AvgIpc) is 2.94. The van der Waals surface area contributed by atoms with Gasteiger partial charge in [-0.15, -0.1) is 11.3 Å². The average molecular weight is 415 g/mol. The van der Waals surface area contributed by atoms with Gasteiger partial charge in [-0.05, 0) is 56.7 Å². The van der Waals surface area contributed by atoms with E-state index in [1.54, 1.807) is 13.8 Å². The third-order valence-corrected chi connectivity index (χ3v) is 6.34. The van der Waals surface area contributed by atoms with Crippen LogP contribution >= 0.6 is 11.3 Å². The number of carbonyl (C=O) groups excluding carboxylic acids is 3. The van der Waals surface area contributed by atoms with Crippen LogP contribution in [0.2, 0.25) is 0 Å². The molecule has 0 saturated carbocycles. The minimum absolute atomic E-state index is 0.0753. The number of hydrogen-bond acceptors (Lipinski definition) is 5. The summed E-state index contributed by atoms with van der Waals surface area (Å²) in [6.07, 6.45) is 1.93. The molecule has 154 valence electrons. The monoisotopic (exact) mass is 414 g/mol. The molecule has 2 aromatic rings. The first-order valence-corrected chi connectivity index (χ1v) is 10.6. The molecule has 1 aromatic heterocycles. The van der Waals surface area contributed by atoms with Crippen LogP contribution in [0.4, 0.5) is 5.00 Å². The number of ether oxygens (including phenoxy) is 1. The quantitative estimate of drug-likeness (QED) is 0.723. The summed E-state index contributed by atoms with van der Waals surface area (Å²) in [6.45, 7) is 6.63. The first kappa shape index (κ1) is 21.0. The van der Waals surface area contributed by atoms with E-state index in [1.165, 1.54) is 23.8 Å². The molecule has 0 radical (unpaired) electrons. The lowest BCUT2D eigenvalue weighted by atomic mass is 9.87. The molecule has 2 atom stereocenters. The Labute approximate surface area is 174 Å². The smallest absolute Gasteiger partial charge is 0.342 e. The summed E-state index contributed by atoms with van der Waals surface area (Å²) >= 11 is 1.32. The number of carbonyl (C=O) groups is 3. The fourth-order valence-corrected chi connectivity index (χ4v) is 4.68. The molecule has 1 aliphatic rings. The zero-order chi connectivity index (χ0) is 21.1. The van der Waals surface area contributed by atoms with Crippen LogP contribution in [0.5, 0.6) is 0 Å². The molecule has 6 nitrogen and oxygen atoms in total. The van der Waals surface area contributed by atoms with Gasteiger partial charge >= 0.3 is 5.97 Å². The van der Waals surface area contributed by atoms with Crippen molar-refractivity contribution < 1.29 is 19.1 Å². The number of nitrogens with one attached hydrogen (secondary N) is 2. The number of rotatable bonds is 5. The number of amides is 2. The van der Waals surface area contributed by atoms with Gasteiger partial charge in [-0.3, -0.25) is 9.59 Å². The van der Waals surface area contributed by atoms with Gasteiger partial charge in [-0.2, -0.15) is 0 Å². The summed E-state index contributed by atoms with van der Waals surface area (Å²) in [4.78, 5) is 37.8. The predicted octanol–water partition coefficient (Wildman–Crippen LogP) is 4.06. The second kappa shape index (κ2) is 8.78. The Hall–Kier alpha value is -2.67. The molecule has 2 amide bonds. The number of fused-ring (bicyclic) bond motifs is 1. The molecule has 2 N–H and O–H groups in total. The van der Waals surface area contributed by atoms with E-state index in [4.69, 9.17) is 4.74 Å². The van der Waals surface area contributed by atoms with E-state index < -0.39 is 12.1 Å². The molecule has 0 bridgehead atoms. The lowest BCUT2D eigenvalue weighted by Gasteiger charge is -2.27. The molecule has 0 aliphatic heterocycles. The lowest BCUT2D eigenvalue weighted by molar-refractivity contribution is -0.130. The van der Waals surface area contributed by atoms with Crippen LogP contribution < -0.4 is 10.6 Å². The molecule has 0 spiro atoms. The Kier molecular flexibility index (Phi) is 6.37. The fraction of sp³-hybridized carbons (Fsp3) is 0.409. The molecule has 0 unspecified atom stereocenters. The van der Waals surface area contributed by atoms with E-state index in [0.29, 0.717) is 10.6 Å². The summed E-state index contributed by atoms with van der Waals surface area (Å²) < 4.78 is 5.45. The second-order valence-corrected chi connectivity index (χ2v) is 8.59. The predicted molar refractivity (Wildman–Crippen MR) is 113 cm³/mol. The molecular weight excluding hydrogens is 388 g/mol. The van der Waals surface area contributed by atoms with Crippen LogP contribution in [0.15, 0.2) is 24.3 Å². The summed E-state index contributed by atoms with van der Waals surface area (Å²) in [5.74, 6) is -1.20. The van der Waals surface area contributed by atoms with Crippen LogP contribution in [0.1, 0.15) is 64.7 Å². The van der Waals surface area contributed by atoms with Crippen molar-refractivity contribution in [1.82, 2.24) is 5.32 Å². The highest BCUT2D eigenvalue weighted by molar-refractivity contribution is 7.16. The van der Waals surface area contributed by atoms with Crippen LogP contribution in [0.3, 0.4) is 0 Å². The zero-order valence-corrected chi connectivity index (χ0v) is 17.9. The maximum absolute atomic E-state index is 12.7. The highest BCUT2D eigenvalue weighted by Gasteiger charge is 2.28. The van der Waals surface area contributed by atoms with Crippen LogP contribution in [-0.4, -0.2) is 23.9 Å². The van der Waals surface area contributed by atoms with Crippen molar-refractivity contribution in [2.75, 3.05) is 5.32 Å². The summed E-state index contributed by atoms with van der Waals surface area (Å²) in [5.41, 5.74) is 3.43. The molecule has 0 saturated heterocycles. The molecule has 1 heterocycles. The standard InChI is InChI=1S/C22H26N2O4S/c1-12-14(3)29-21(23-15(4)25)19(12)22(27)28-13(2)20(26)24-18-11-7-9-16-8-5-6-10-17(16)18/h5-6,8,10,13,18H,7,9,11H2,1-4H3,(H,23,25)(H,24,26)/t13-,18-/m0/s1. The van der Waals surface area contributed by atoms with Crippen molar-refractivity contribution in [2.45, 2.75) is 59.1 Å². The normalized spacial score (nSPS) is 16.5. The van der Waals surface area contributed by atoms with Gasteiger partial charge in [0.15, 0.2) is 6.10 Å². The molecule has 3 rings (SSSR count). The van der Waals surface area contributed by atoms with Gasteiger partial charge < -0.3 is 15.4 Å². The highest BCUT2D eigenvalue weighted by atomic mass is 32.1. The number of esters is 1. The van der Waals surface area contributed by atoms with Gasteiger partial charge in [0.1, 0.15) is 5.00 Å². The molecule has 0 fully saturated rings. The Bertz CT molecular complexity index is 950. The van der Waals surface area contributed by atoms with Gasteiger partial charge in [0.2, 0.25) is 5.91 Å². The Morgan fingerprint density at radius 3 is 2.66 bits per heavy atom. The van der Waals surface area contributed by atoms with E-state index in [2.05, 4.69) is 16.7 Å². The summed E-state index contributed by atoms with van der Waals surface area (Å²) in [6, 6.07) is 8.02. The number of aryl methyl sites for hydroxylation is 2. The SMILES string of the molecule is CC(=O)Nc1sc(C)c(C)c1C(=O)O[C@@H](C)C(=O)N[C@H]1CCCc2ccccc21. The van der Waals surface area contributed by atoms with Crippen molar-refractivity contribution in [3.8, 4) is 0 Å². The number of hydrogen-bond donors (Lipinski definition) is 2. The highest BCUT2D eigenvalue weighted by Crippen LogP contribution is 2.33. The maximum Gasteiger partial charge on any atom is 0.342 e. The number of anilines is 1. The maximum atomic E-state index is 12.7. The Balaban J connectivity index is 1.69. The largest absolute Gasteiger partial charge is 0.449 e.